The molecule has 7 heteroatoms. The molecule has 32 heavy (non-hydrogen) atoms. The van der Waals surface area contributed by atoms with Crippen LogP contribution in [0.3, 0.4) is 0 Å². The number of halogens is 3. The van der Waals surface area contributed by atoms with E-state index in [-0.39, 0.29) is 11.3 Å². The summed E-state index contributed by atoms with van der Waals surface area (Å²) in [6.45, 7) is 5.57. The molecule has 2 amide bonds. The zero-order chi connectivity index (χ0) is 23.2. The second-order valence-corrected chi connectivity index (χ2v) is 8.11. The molecular formula is C25H19ClF2N2O2. The van der Waals surface area contributed by atoms with Crippen LogP contribution in [0.4, 0.5) is 20.2 Å². The molecule has 4 nitrogen and oxygen atoms in total. The first-order valence-electron chi connectivity index (χ1n) is 9.86. The molecule has 1 heterocycles. The Morgan fingerprint density at radius 2 is 1.59 bits per heavy atom. The number of carbonyl (C=O) groups excluding carboxylic acids is 2. The van der Waals surface area contributed by atoms with Crippen LogP contribution < -0.4 is 10.2 Å². The van der Waals surface area contributed by atoms with Crippen molar-refractivity contribution in [2.75, 3.05) is 10.2 Å². The third kappa shape index (κ3) is 3.78. The highest BCUT2D eigenvalue weighted by Gasteiger charge is 2.42. The normalized spacial score (nSPS) is 13.9. The number of imide groups is 1. The predicted octanol–water partition coefficient (Wildman–Crippen LogP) is 5.94. The molecule has 0 saturated carbocycles. The molecule has 1 N–H and O–H groups in total. The van der Waals surface area contributed by atoms with Gasteiger partial charge < -0.3 is 5.32 Å². The minimum atomic E-state index is -0.882. The van der Waals surface area contributed by atoms with Crippen LogP contribution in [0.2, 0.25) is 5.02 Å². The minimum absolute atomic E-state index is 0.0365. The number of anilines is 2. The van der Waals surface area contributed by atoms with Crippen LogP contribution in [0.15, 0.2) is 60.3 Å². The first-order chi connectivity index (χ1) is 15.2. The van der Waals surface area contributed by atoms with Crippen LogP contribution in [-0.2, 0) is 9.59 Å². The number of rotatable bonds is 4. The molecule has 3 aromatic carbocycles. The van der Waals surface area contributed by atoms with Gasteiger partial charge in [-0.1, -0.05) is 41.4 Å². The lowest BCUT2D eigenvalue weighted by Gasteiger charge is -2.16. The van der Waals surface area contributed by atoms with E-state index < -0.39 is 29.1 Å². The van der Waals surface area contributed by atoms with E-state index in [1.165, 1.54) is 0 Å². The highest BCUT2D eigenvalue weighted by atomic mass is 35.5. The Bertz CT molecular complexity index is 1320. The van der Waals surface area contributed by atoms with Crippen molar-refractivity contribution in [3.05, 3.63) is 99.2 Å². The highest BCUT2D eigenvalue weighted by Crippen LogP contribution is 2.36. The molecule has 1 aliphatic rings. The topological polar surface area (TPSA) is 49.4 Å². The van der Waals surface area contributed by atoms with Gasteiger partial charge in [-0.3, -0.25) is 9.59 Å². The Morgan fingerprint density at radius 1 is 0.844 bits per heavy atom. The standard InChI is InChI=1S/C25H19ClF2N2O2/c1-13-4-8-18(15(3)10-13)22-23(29-17-7-5-14(2)19(26)12-17)25(32)30(24(22)31)21-11-16(27)6-9-20(21)28/h4-12,29H,1-3H3. The molecule has 4 rings (SSSR count). The zero-order valence-corrected chi connectivity index (χ0v) is 18.3. The van der Waals surface area contributed by atoms with Crippen molar-refractivity contribution in [1.29, 1.82) is 0 Å². The van der Waals surface area contributed by atoms with Gasteiger partial charge in [-0.15, -0.1) is 0 Å². The molecule has 0 bridgehead atoms. The fourth-order valence-corrected chi connectivity index (χ4v) is 3.86. The summed E-state index contributed by atoms with van der Waals surface area (Å²) in [6, 6.07) is 13.2. The first-order valence-corrected chi connectivity index (χ1v) is 10.2. The number of hydrogen-bond acceptors (Lipinski definition) is 3. The summed E-state index contributed by atoms with van der Waals surface area (Å²) in [7, 11) is 0. The predicted molar refractivity (Wildman–Crippen MR) is 121 cm³/mol. The molecule has 0 atom stereocenters. The van der Waals surface area contributed by atoms with E-state index in [1.807, 2.05) is 32.9 Å². The fourth-order valence-electron chi connectivity index (χ4n) is 3.68. The Morgan fingerprint density at radius 3 is 2.28 bits per heavy atom. The van der Waals surface area contributed by atoms with Gasteiger partial charge in [0.2, 0.25) is 0 Å². The molecule has 0 radical (unpaired) electrons. The van der Waals surface area contributed by atoms with E-state index >= 15 is 0 Å². The molecule has 1 aliphatic heterocycles. The molecule has 0 unspecified atom stereocenters. The van der Waals surface area contributed by atoms with Gasteiger partial charge in [0.1, 0.15) is 17.3 Å². The van der Waals surface area contributed by atoms with Crippen LogP contribution >= 0.6 is 11.6 Å². The number of aryl methyl sites for hydroxylation is 3. The number of nitrogens with one attached hydrogen (secondary N) is 1. The maximum absolute atomic E-state index is 14.5. The van der Waals surface area contributed by atoms with Crippen LogP contribution in [0, 0.1) is 32.4 Å². The second-order valence-electron chi connectivity index (χ2n) is 7.70. The lowest BCUT2D eigenvalue weighted by molar-refractivity contribution is -0.120. The Balaban J connectivity index is 1.89. The van der Waals surface area contributed by atoms with Crippen molar-refractivity contribution in [1.82, 2.24) is 0 Å². The van der Waals surface area contributed by atoms with Crippen LogP contribution in [0.1, 0.15) is 22.3 Å². The van der Waals surface area contributed by atoms with Crippen LogP contribution in [0.25, 0.3) is 5.57 Å². The van der Waals surface area contributed by atoms with E-state index in [9.17, 15) is 18.4 Å². The molecule has 162 valence electrons. The van der Waals surface area contributed by atoms with E-state index in [2.05, 4.69) is 5.32 Å². The maximum atomic E-state index is 14.5. The monoisotopic (exact) mass is 452 g/mol. The number of hydrogen-bond donors (Lipinski definition) is 1. The van der Waals surface area contributed by atoms with Gasteiger partial charge in [0.25, 0.3) is 11.8 Å². The average molecular weight is 453 g/mol. The van der Waals surface area contributed by atoms with E-state index in [0.29, 0.717) is 21.2 Å². The van der Waals surface area contributed by atoms with E-state index in [1.54, 1.807) is 24.3 Å². The summed E-state index contributed by atoms with van der Waals surface area (Å²) in [4.78, 5) is 27.4. The summed E-state index contributed by atoms with van der Waals surface area (Å²) in [6.07, 6.45) is 0. The van der Waals surface area contributed by atoms with Gasteiger partial charge in [-0.2, -0.15) is 0 Å². The molecule has 0 spiro atoms. The number of benzene rings is 3. The molecular weight excluding hydrogens is 434 g/mol. The molecule has 0 aliphatic carbocycles. The van der Waals surface area contributed by atoms with Gasteiger partial charge in [0.15, 0.2) is 0 Å². The quantitative estimate of drug-likeness (QED) is 0.498. The van der Waals surface area contributed by atoms with E-state index in [0.717, 1.165) is 34.9 Å². The largest absolute Gasteiger partial charge is 0.350 e. The molecule has 3 aromatic rings. The highest BCUT2D eigenvalue weighted by molar-refractivity contribution is 6.46. The van der Waals surface area contributed by atoms with Crippen molar-refractivity contribution in [2.24, 2.45) is 0 Å². The minimum Gasteiger partial charge on any atom is -0.350 e. The number of carbonyl (C=O) groups is 2. The SMILES string of the molecule is Cc1ccc(C2=C(Nc3ccc(C)c(Cl)c3)C(=O)N(c3cc(F)ccc3F)C2=O)c(C)c1. The van der Waals surface area contributed by atoms with Crippen molar-refractivity contribution in [2.45, 2.75) is 20.8 Å². The third-order valence-corrected chi connectivity index (χ3v) is 5.73. The summed E-state index contributed by atoms with van der Waals surface area (Å²) in [5, 5.41) is 3.46. The fraction of sp³-hybridized carbons (Fsp3) is 0.120. The van der Waals surface area contributed by atoms with Crippen molar-refractivity contribution < 1.29 is 18.4 Å². The van der Waals surface area contributed by atoms with Crippen LogP contribution in [0.5, 0.6) is 0 Å². The zero-order valence-electron chi connectivity index (χ0n) is 17.6. The first kappa shape index (κ1) is 21.7. The Hall–Kier alpha value is -3.51. The second kappa shape index (κ2) is 8.20. The summed E-state index contributed by atoms with van der Waals surface area (Å²) >= 11 is 6.21. The number of nitrogens with zero attached hydrogens (tertiary/aromatic N) is 1. The summed E-state index contributed by atoms with van der Waals surface area (Å²) in [5.74, 6) is -3.17. The molecule has 0 saturated heterocycles. The summed E-state index contributed by atoms with van der Waals surface area (Å²) in [5.41, 5.74) is 3.20. The average Bonchev–Trinajstić information content (AvgIpc) is 2.96. The van der Waals surface area contributed by atoms with Gasteiger partial charge in [0, 0.05) is 16.8 Å². The van der Waals surface area contributed by atoms with Crippen molar-refractivity contribution in [3.8, 4) is 0 Å². The lowest BCUT2D eigenvalue weighted by Crippen LogP contribution is -2.33. The van der Waals surface area contributed by atoms with Gasteiger partial charge in [-0.25, -0.2) is 13.7 Å². The maximum Gasteiger partial charge on any atom is 0.282 e. The van der Waals surface area contributed by atoms with Gasteiger partial charge >= 0.3 is 0 Å². The third-order valence-electron chi connectivity index (χ3n) is 5.33. The van der Waals surface area contributed by atoms with E-state index in [4.69, 9.17) is 11.6 Å². The molecule has 0 fully saturated rings. The number of amides is 2. The van der Waals surface area contributed by atoms with Gasteiger partial charge in [-0.05, 0) is 61.7 Å². The van der Waals surface area contributed by atoms with Crippen LogP contribution in [-0.4, -0.2) is 11.8 Å². The van der Waals surface area contributed by atoms with Crippen molar-refractivity contribution in [3.63, 3.8) is 0 Å². The summed E-state index contributed by atoms with van der Waals surface area (Å²) < 4.78 is 28.4. The smallest absolute Gasteiger partial charge is 0.282 e. The Kier molecular flexibility index (Phi) is 5.57. The Labute approximate surface area is 189 Å². The van der Waals surface area contributed by atoms with Gasteiger partial charge in [0.05, 0.1) is 11.3 Å². The van der Waals surface area contributed by atoms with Crippen molar-refractivity contribution >= 4 is 40.4 Å². The molecule has 0 aromatic heterocycles. The lowest BCUT2D eigenvalue weighted by atomic mass is 9.97.